The van der Waals surface area contributed by atoms with Crippen LogP contribution in [0.2, 0.25) is 0 Å². The molecule has 0 atom stereocenters. The first kappa shape index (κ1) is 12.8. The molecule has 2 N–H and O–H groups in total. The van der Waals surface area contributed by atoms with E-state index in [0.717, 1.165) is 39.0 Å². The quantitative estimate of drug-likeness (QED) is 0.468. The van der Waals surface area contributed by atoms with Crippen molar-refractivity contribution in [2.24, 2.45) is 0 Å². The third kappa shape index (κ3) is 1.58. The molecular formula is C18H12BNO3. The number of benzene rings is 3. The fraction of sp³-hybridized carbons (Fsp3) is 0. The molecule has 4 nitrogen and oxygen atoms in total. The maximum atomic E-state index is 9.77. The lowest BCUT2D eigenvalue weighted by Crippen LogP contribution is -2.30. The zero-order chi connectivity index (χ0) is 15.6. The van der Waals surface area contributed by atoms with Gasteiger partial charge >= 0.3 is 7.12 Å². The average molecular weight is 301 g/mol. The fourth-order valence-electron chi connectivity index (χ4n) is 3.49. The van der Waals surface area contributed by atoms with E-state index >= 15 is 0 Å². The van der Waals surface area contributed by atoms with Gasteiger partial charge in [0.15, 0.2) is 11.5 Å². The second-order valence-electron chi connectivity index (χ2n) is 5.67. The number of aromatic nitrogens is 1. The van der Waals surface area contributed by atoms with Crippen molar-refractivity contribution in [1.82, 2.24) is 4.57 Å². The van der Waals surface area contributed by atoms with E-state index in [4.69, 9.17) is 4.74 Å². The van der Waals surface area contributed by atoms with Crippen LogP contribution < -0.4 is 10.2 Å². The molecule has 0 saturated carbocycles. The van der Waals surface area contributed by atoms with E-state index in [9.17, 15) is 10.0 Å². The van der Waals surface area contributed by atoms with Crippen LogP contribution in [0.25, 0.3) is 27.5 Å². The highest BCUT2D eigenvalue weighted by atomic mass is 16.5. The van der Waals surface area contributed by atoms with E-state index in [2.05, 4.69) is 4.57 Å². The van der Waals surface area contributed by atoms with Crippen molar-refractivity contribution in [2.75, 3.05) is 0 Å². The highest BCUT2D eigenvalue weighted by Crippen LogP contribution is 2.44. The molecule has 4 aromatic rings. The van der Waals surface area contributed by atoms with Gasteiger partial charge in [-0.1, -0.05) is 36.4 Å². The molecule has 0 bridgehead atoms. The third-order valence-electron chi connectivity index (χ3n) is 4.42. The average Bonchev–Trinajstić information content (AvgIpc) is 2.92. The Morgan fingerprint density at radius 1 is 0.826 bits per heavy atom. The molecule has 110 valence electrons. The number of hydrogen-bond acceptors (Lipinski definition) is 3. The minimum Gasteiger partial charge on any atom is -0.453 e. The molecule has 5 heteroatoms. The van der Waals surface area contributed by atoms with Gasteiger partial charge < -0.3 is 19.4 Å². The van der Waals surface area contributed by atoms with Crippen molar-refractivity contribution in [2.45, 2.75) is 0 Å². The van der Waals surface area contributed by atoms with Gasteiger partial charge in [0.25, 0.3) is 0 Å². The Morgan fingerprint density at radius 3 is 2.48 bits per heavy atom. The first-order valence-electron chi connectivity index (χ1n) is 7.45. The van der Waals surface area contributed by atoms with Crippen LogP contribution in [0.5, 0.6) is 11.5 Å². The van der Waals surface area contributed by atoms with Gasteiger partial charge in [0.05, 0.1) is 16.7 Å². The fourth-order valence-corrected chi connectivity index (χ4v) is 3.49. The lowest BCUT2D eigenvalue weighted by atomic mass is 9.77. The molecule has 1 aliphatic rings. The van der Waals surface area contributed by atoms with Crippen molar-refractivity contribution in [3.8, 4) is 17.2 Å². The smallest absolute Gasteiger partial charge is 0.453 e. The van der Waals surface area contributed by atoms with E-state index in [0.29, 0.717) is 5.46 Å². The zero-order valence-corrected chi connectivity index (χ0v) is 12.1. The number of hydrogen-bond donors (Lipinski definition) is 2. The van der Waals surface area contributed by atoms with Gasteiger partial charge in [0, 0.05) is 10.8 Å². The standard InChI is InChI=1S/C18H12BNO3/c21-19(22)12-9-10-16-18-17(12)11-5-1-2-6-13(11)20(18)14-7-3-4-8-15(14)23-16/h1-10,21-22H. The summed E-state index contributed by atoms with van der Waals surface area (Å²) in [5.41, 5.74) is 3.33. The van der Waals surface area contributed by atoms with Gasteiger partial charge in [-0.3, -0.25) is 0 Å². The number of nitrogens with zero attached hydrogens (tertiary/aromatic N) is 1. The second-order valence-corrected chi connectivity index (χ2v) is 5.67. The molecule has 0 amide bonds. The lowest BCUT2D eigenvalue weighted by molar-refractivity contribution is 0.426. The monoisotopic (exact) mass is 301 g/mol. The maximum Gasteiger partial charge on any atom is 0.489 e. The highest BCUT2D eigenvalue weighted by molar-refractivity contribution is 6.63. The second kappa shape index (κ2) is 4.38. The van der Waals surface area contributed by atoms with Crippen molar-refractivity contribution in [3.63, 3.8) is 0 Å². The molecule has 0 fully saturated rings. The van der Waals surface area contributed by atoms with Crippen molar-refractivity contribution in [3.05, 3.63) is 60.7 Å². The molecule has 0 aliphatic carbocycles. The highest BCUT2D eigenvalue weighted by Gasteiger charge is 2.27. The number of fused-ring (bicyclic) bond motifs is 5. The van der Waals surface area contributed by atoms with Crippen molar-refractivity contribution in [1.29, 1.82) is 0 Å². The summed E-state index contributed by atoms with van der Waals surface area (Å²) < 4.78 is 8.16. The predicted molar refractivity (Wildman–Crippen MR) is 90.7 cm³/mol. The minimum absolute atomic E-state index is 0.488. The maximum absolute atomic E-state index is 9.77. The Morgan fingerprint density at radius 2 is 1.61 bits per heavy atom. The minimum atomic E-state index is -1.53. The summed E-state index contributed by atoms with van der Waals surface area (Å²) in [5.74, 6) is 1.51. The molecule has 0 saturated heterocycles. The Hall–Kier alpha value is -2.76. The van der Waals surface area contributed by atoms with Crippen LogP contribution in [0.15, 0.2) is 60.7 Å². The summed E-state index contributed by atoms with van der Waals surface area (Å²) in [7, 11) is -1.53. The summed E-state index contributed by atoms with van der Waals surface area (Å²) >= 11 is 0. The third-order valence-corrected chi connectivity index (χ3v) is 4.42. The van der Waals surface area contributed by atoms with Crippen LogP contribution in [0.1, 0.15) is 0 Å². The van der Waals surface area contributed by atoms with Gasteiger partial charge in [0.2, 0.25) is 0 Å². The van der Waals surface area contributed by atoms with E-state index in [-0.39, 0.29) is 0 Å². The predicted octanol–water partition coefficient (Wildman–Crippen LogP) is 2.57. The van der Waals surface area contributed by atoms with E-state index < -0.39 is 7.12 Å². The van der Waals surface area contributed by atoms with Crippen LogP contribution in [-0.2, 0) is 0 Å². The summed E-state index contributed by atoms with van der Waals surface area (Å²) in [6, 6.07) is 19.3. The SMILES string of the molecule is OB(O)c1ccc2c3c1c1ccccc1n3-c1ccccc1O2. The largest absolute Gasteiger partial charge is 0.489 e. The zero-order valence-electron chi connectivity index (χ0n) is 12.1. The van der Waals surface area contributed by atoms with E-state index in [1.807, 2.05) is 48.5 Å². The Balaban J connectivity index is 2.08. The summed E-state index contributed by atoms with van der Waals surface area (Å²) in [5, 5.41) is 21.3. The van der Waals surface area contributed by atoms with Crippen LogP contribution in [0, 0.1) is 0 Å². The molecule has 5 rings (SSSR count). The molecule has 3 aromatic carbocycles. The number of para-hydroxylation sites is 3. The van der Waals surface area contributed by atoms with Crippen LogP contribution >= 0.6 is 0 Å². The van der Waals surface area contributed by atoms with Gasteiger partial charge in [-0.05, 0) is 29.7 Å². The normalized spacial score (nSPS) is 12.3. The van der Waals surface area contributed by atoms with Crippen LogP contribution in [-0.4, -0.2) is 21.7 Å². The molecule has 1 aliphatic heterocycles. The molecule has 1 aromatic heterocycles. The topological polar surface area (TPSA) is 54.6 Å². The molecule has 23 heavy (non-hydrogen) atoms. The van der Waals surface area contributed by atoms with Crippen LogP contribution in [0.4, 0.5) is 0 Å². The number of ether oxygens (including phenoxy) is 1. The Labute approximate surface area is 132 Å². The number of rotatable bonds is 1. The molecular weight excluding hydrogens is 289 g/mol. The van der Waals surface area contributed by atoms with Crippen molar-refractivity contribution >= 4 is 34.4 Å². The molecule has 2 heterocycles. The Bertz CT molecular complexity index is 1080. The van der Waals surface area contributed by atoms with Gasteiger partial charge in [-0.2, -0.15) is 0 Å². The Kier molecular flexibility index (Phi) is 2.43. The summed E-state index contributed by atoms with van der Waals surface area (Å²) in [6.07, 6.45) is 0. The van der Waals surface area contributed by atoms with E-state index in [1.54, 1.807) is 12.1 Å². The summed E-state index contributed by atoms with van der Waals surface area (Å²) in [4.78, 5) is 0. The summed E-state index contributed by atoms with van der Waals surface area (Å²) in [6.45, 7) is 0. The molecule has 0 unspecified atom stereocenters. The first-order chi connectivity index (χ1) is 11.3. The van der Waals surface area contributed by atoms with Gasteiger partial charge in [-0.15, -0.1) is 0 Å². The van der Waals surface area contributed by atoms with Crippen molar-refractivity contribution < 1.29 is 14.8 Å². The van der Waals surface area contributed by atoms with Gasteiger partial charge in [0.1, 0.15) is 0 Å². The van der Waals surface area contributed by atoms with Crippen LogP contribution in [0.3, 0.4) is 0 Å². The molecule has 0 radical (unpaired) electrons. The van der Waals surface area contributed by atoms with Gasteiger partial charge in [-0.25, -0.2) is 0 Å². The lowest BCUT2D eigenvalue weighted by Gasteiger charge is -2.21. The first-order valence-corrected chi connectivity index (χ1v) is 7.45. The van der Waals surface area contributed by atoms with E-state index in [1.165, 1.54) is 0 Å². The molecule has 0 spiro atoms.